The van der Waals surface area contributed by atoms with Crippen LogP contribution in [0.1, 0.15) is 26.2 Å². The van der Waals surface area contributed by atoms with E-state index in [9.17, 15) is 19.2 Å². The molecule has 1 amide bonds. The van der Waals surface area contributed by atoms with Crippen LogP contribution < -0.4 is 5.32 Å². The molecule has 0 bridgehead atoms. The highest BCUT2D eigenvalue weighted by atomic mass is 17.2. The Morgan fingerprint density at radius 1 is 0.750 bits per heavy atom. The molecule has 32 heavy (non-hydrogen) atoms. The van der Waals surface area contributed by atoms with Crippen LogP contribution in [-0.4, -0.2) is 127 Å². The van der Waals surface area contributed by atoms with E-state index in [4.69, 9.17) is 20.2 Å². The maximum Gasteiger partial charge on any atom is 0.317 e. The number of rotatable bonds is 21. The number of amides is 1. The number of carboxylic acids is 3. The minimum absolute atomic E-state index is 0.00998. The summed E-state index contributed by atoms with van der Waals surface area (Å²) in [4.78, 5) is 59.1. The molecule has 0 fully saturated rings. The molecule has 0 atom stereocenters. The van der Waals surface area contributed by atoms with Crippen molar-refractivity contribution in [3.63, 3.8) is 0 Å². The number of carbonyl (C=O) groups excluding carboxylic acids is 1. The molecule has 13 heteroatoms. The highest BCUT2D eigenvalue weighted by molar-refractivity contribution is 5.78. The Kier molecular flexibility index (Phi) is 16.9. The van der Waals surface area contributed by atoms with E-state index in [1.807, 2.05) is 0 Å². The minimum atomic E-state index is -1.18. The molecule has 0 rings (SSSR count). The molecule has 0 unspecified atom stereocenters. The van der Waals surface area contributed by atoms with Gasteiger partial charge in [-0.05, 0) is 6.42 Å². The second-order valence-electron chi connectivity index (χ2n) is 7.19. The smallest absolute Gasteiger partial charge is 0.317 e. The third-order valence-electron chi connectivity index (χ3n) is 4.36. The summed E-state index contributed by atoms with van der Waals surface area (Å²) in [5.41, 5.74) is 0. The standard InChI is InChI=1S/C19H36N4O9/c1-3-4-5-6-20-16(24)11-23(15-32-31-2)10-8-21(12-17(25)26)7-9-22(13-18(27)28)14-19(29)30/h3-15H2,1-2H3,(H,20,24)(H,25,26)(H,27,28)(H,29,30). The van der Waals surface area contributed by atoms with Gasteiger partial charge in [0.2, 0.25) is 5.91 Å². The average molecular weight is 465 g/mol. The van der Waals surface area contributed by atoms with E-state index < -0.39 is 31.0 Å². The van der Waals surface area contributed by atoms with Crippen molar-refractivity contribution in [2.45, 2.75) is 26.2 Å². The summed E-state index contributed by atoms with van der Waals surface area (Å²) in [7, 11) is 1.33. The first-order valence-corrected chi connectivity index (χ1v) is 10.4. The number of unbranched alkanes of at least 4 members (excludes halogenated alkanes) is 2. The summed E-state index contributed by atoms with van der Waals surface area (Å²) in [5.74, 6) is -3.63. The quantitative estimate of drug-likeness (QED) is 0.0707. The maximum atomic E-state index is 12.1. The molecule has 0 radical (unpaired) electrons. The number of carboxylic acid groups (broad SMARTS) is 3. The lowest BCUT2D eigenvalue weighted by Crippen LogP contribution is -2.46. The number of hydrogen-bond acceptors (Lipinski definition) is 9. The van der Waals surface area contributed by atoms with Crippen molar-refractivity contribution in [2.75, 3.05) is 72.7 Å². The van der Waals surface area contributed by atoms with Crippen LogP contribution in [0.15, 0.2) is 0 Å². The molecule has 0 aromatic rings. The van der Waals surface area contributed by atoms with Gasteiger partial charge in [0.05, 0.1) is 33.3 Å². The molecular weight excluding hydrogens is 428 g/mol. The number of hydrogen-bond donors (Lipinski definition) is 4. The van der Waals surface area contributed by atoms with Gasteiger partial charge in [-0.15, -0.1) is 0 Å². The van der Waals surface area contributed by atoms with Gasteiger partial charge in [-0.25, -0.2) is 9.78 Å². The molecule has 0 aromatic carbocycles. The Hall–Kier alpha value is -2.32. The normalized spacial score (nSPS) is 11.3. The van der Waals surface area contributed by atoms with Gasteiger partial charge in [-0.1, -0.05) is 19.8 Å². The first-order valence-electron chi connectivity index (χ1n) is 10.4. The fraction of sp³-hybridized carbons (Fsp3) is 0.789. The summed E-state index contributed by atoms with van der Waals surface area (Å²) in [5, 5.41) is 29.8. The second-order valence-corrected chi connectivity index (χ2v) is 7.19. The van der Waals surface area contributed by atoms with E-state index in [2.05, 4.69) is 17.1 Å². The number of aliphatic carboxylic acids is 3. The minimum Gasteiger partial charge on any atom is -0.480 e. The first kappa shape index (κ1) is 29.7. The van der Waals surface area contributed by atoms with Crippen molar-refractivity contribution in [1.29, 1.82) is 0 Å². The summed E-state index contributed by atoms with van der Waals surface area (Å²) in [6, 6.07) is 0. The fourth-order valence-electron chi connectivity index (χ4n) is 2.80. The van der Waals surface area contributed by atoms with Crippen LogP contribution in [0.2, 0.25) is 0 Å². The van der Waals surface area contributed by atoms with Crippen LogP contribution in [0.5, 0.6) is 0 Å². The van der Waals surface area contributed by atoms with E-state index in [0.29, 0.717) is 6.54 Å². The highest BCUT2D eigenvalue weighted by Crippen LogP contribution is 1.98. The van der Waals surface area contributed by atoms with Gasteiger partial charge in [0.25, 0.3) is 0 Å². The molecule has 186 valence electrons. The molecule has 4 N–H and O–H groups in total. The molecule has 0 saturated heterocycles. The predicted molar refractivity (Wildman–Crippen MR) is 113 cm³/mol. The van der Waals surface area contributed by atoms with Gasteiger partial charge in [0, 0.05) is 32.7 Å². The molecule has 0 aliphatic rings. The van der Waals surface area contributed by atoms with Crippen LogP contribution in [0, 0.1) is 0 Å². The Morgan fingerprint density at radius 3 is 1.75 bits per heavy atom. The Labute approximate surface area is 187 Å². The zero-order chi connectivity index (χ0) is 24.4. The van der Waals surface area contributed by atoms with Crippen LogP contribution in [0.25, 0.3) is 0 Å². The molecule has 0 saturated carbocycles. The highest BCUT2D eigenvalue weighted by Gasteiger charge is 2.18. The van der Waals surface area contributed by atoms with E-state index in [-0.39, 0.29) is 51.9 Å². The lowest BCUT2D eigenvalue weighted by atomic mass is 10.2. The van der Waals surface area contributed by atoms with Crippen LogP contribution in [-0.2, 0) is 29.0 Å². The molecule has 0 spiro atoms. The van der Waals surface area contributed by atoms with Crippen molar-refractivity contribution in [3.05, 3.63) is 0 Å². The molecule has 13 nitrogen and oxygen atoms in total. The van der Waals surface area contributed by atoms with E-state index in [1.54, 1.807) is 4.90 Å². The topological polar surface area (TPSA) is 169 Å². The van der Waals surface area contributed by atoms with E-state index in [0.717, 1.165) is 19.3 Å². The summed E-state index contributed by atoms with van der Waals surface area (Å²) < 4.78 is 0. The van der Waals surface area contributed by atoms with Crippen molar-refractivity contribution < 1.29 is 44.3 Å². The number of nitrogens with one attached hydrogen (secondary N) is 1. The number of nitrogens with zero attached hydrogens (tertiary/aromatic N) is 3. The van der Waals surface area contributed by atoms with Gasteiger partial charge in [0.1, 0.15) is 6.73 Å². The van der Waals surface area contributed by atoms with Crippen LogP contribution in [0.3, 0.4) is 0 Å². The van der Waals surface area contributed by atoms with Crippen molar-refractivity contribution in [2.24, 2.45) is 0 Å². The van der Waals surface area contributed by atoms with Crippen molar-refractivity contribution in [3.8, 4) is 0 Å². The molecule has 0 aliphatic carbocycles. The summed E-state index contributed by atoms with van der Waals surface area (Å²) in [6.45, 7) is 2.08. The summed E-state index contributed by atoms with van der Waals surface area (Å²) in [6.07, 6.45) is 2.94. The third kappa shape index (κ3) is 17.4. The van der Waals surface area contributed by atoms with Crippen LogP contribution in [0.4, 0.5) is 0 Å². The van der Waals surface area contributed by atoms with Gasteiger partial charge in [0.15, 0.2) is 0 Å². The number of carbonyl (C=O) groups is 4. The lowest BCUT2D eigenvalue weighted by Gasteiger charge is -2.27. The van der Waals surface area contributed by atoms with Gasteiger partial charge in [-0.2, -0.15) is 0 Å². The maximum absolute atomic E-state index is 12.1. The largest absolute Gasteiger partial charge is 0.480 e. The van der Waals surface area contributed by atoms with Gasteiger partial charge in [-0.3, -0.25) is 33.9 Å². The van der Waals surface area contributed by atoms with Crippen molar-refractivity contribution in [1.82, 2.24) is 20.0 Å². The Morgan fingerprint density at radius 2 is 1.25 bits per heavy atom. The fourth-order valence-corrected chi connectivity index (χ4v) is 2.80. The van der Waals surface area contributed by atoms with Crippen LogP contribution >= 0.6 is 0 Å². The van der Waals surface area contributed by atoms with Gasteiger partial charge < -0.3 is 20.6 Å². The molecule has 0 heterocycles. The molecule has 0 aromatic heterocycles. The monoisotopic (exact) mass is 464 g/mol. The molecular formula is C19H36N4O9. The average Bonchev–Trinajstić information content (AvgIpc) is 2.69. The Balaban J connectivity index is 4.83. The van der Waals surface area contributed by atoms with Crippen molar-refractivity contribution >= 4 is 23.8 Å². The first-order chi connectivity index (χ1) is 15.2. The third-order valence-corrected chi connectivity index (χ3v) is 4.36. The second kappa shape index (κ2) is 18.3. The Bertz CT molecular complexity index is 561. The zero-order valence-corrected chi connectivity index (χ0v) is 18.8. The molecule has 0 aliphatic heterocycles. The van der Waals surface area contributed by atoms with E-state index in [1.165, 1.54) is 16.9 Å². The van der Waals surface area contributed by atoms with E-state index >= 15 is 0 Å². The summed E-state index contributed by atoms with van der Waals surface area (Å²) >= 11 is 0. The zero-order valence-electron chi connectivity index (χ0n) is 18.8. The predicted octanol–water partition coefficient (Wildman–Crippen LogP) is -1.01. The van der Waals surface area contributed by atoms with Gasteiger partial charge >= 0.3 is 17.9 Å². The lowest BCUT2D eigenvalue weighted by molar-refractivity contribution is -0.295. The SMILES string of the molecule is CCCCCNC(=O)CN(CCN(CCN(CC(=O)O)CC(=O)O)CC(=O)O)COOC.